The number of rotatable bonds is 5. The van der Waals surface area contributed by atoms with Gasteiger partial charge in [0.2, 0.25) is 0 Å². The molecule has 1 spiro atoms. The van der Waals surface area contributed by atoms with E-state index in [0.717, 1.165) is 25.3 Å². The van der Waals surface area contributed by atoms with Gasteiger partial charge in [-0.1, -0.05) is 33.1 Å². The van der Waals surface area contributed by atoms with Gasteiger partial charge in [0.1, 0.15) is 0 Å². The van der Waals surface area contributed by atoms with E-state index < -0.39 is 10.8 Å². The van der Waals surface area contributed by atoms with Crippen LogP contribution >= 0.6 is 0 Å². The molecule has 0 aromatic rings. The Hall–Kier alpha value is 0.0700. The minimum Gasteiger partial charge on any atom is -0.308 e. The van der Waals surface area contributed by atoms with Crippen LogP contribution in [0.25, 0.3) is 0 Å². The van der Waals surface area contributed by atoms with Crippen molar-refractivity contribution in [2.45, 2.75) is 64.0 Å². The molecular weight excluding hydrogens is 268 g/mol. The largest absolute Gasteiger partial charge is 0.308 e. The van der Waals surface area contributed by atoms with E-state index in [1.54, 1.807) is 0 Å². The van der Waals surface area contributed by atoms with Crippen LogP contribution in [0.3, 0.4) is 0 Å². The molecule has 1 saturated heterocycles. The predicted molar refractivity (Wildman–Crippen MR) is 87.6 cm³/mol. The van der Waals surface area contributed by atoms with Crippen molar-refractivity contribution in [2.75, 3.05) is 31.6 Å². The lowest BCUT2D eigenvalue weighted by molar-refractivity contribution is 0.0369. The Labute approximate surface area is 127 Å². The Morgan fingerprint density at radius 3 is 2.60 bits per heavy atom. The van der Waals surface area contributed by atoms with Crippen molar-refractivity contribution < 1.29 is 4.21 Å². The maximum absolute atomic E-state index is 11.3. The van der Waals surface area contributed by atoms with Crippen LogP contribution in [0.2, 0.25) is 0 Å². The van der Waals surface area contributed by atoms with Gasteiger partial charge in [-0.3, -0.25) is 9.11 Å². The molecule has 0 amide bonds. The summed E-state index contributed by atoms with van der Waals surface area (Å²) >= 11 is 0. The van der Waals surface area contributed by atoms with Crippen LogP contribution < -0.4 is 5.32 Å². The Morgan fingerprint density at radius 2 is 2.00 bits per heavy atom. The smallest absolute Gasteiger partial charge is 0.0309 e. The van der Waals surface area contributed by atoms with Crippen molar-refractivity contribution in [3.05, 3.63) is 0 Å². The Morgan fingerprint density at radius 1 is 1.30 bits per heavy atom. The summed E-state index contributed by atoms with van der Waals surface area (Å²) < 4.78 is 11.3. The first kappa shape index (κ1) is 16.4. The van der Waals surface area contributed by atoms with E-state index in [0.29, 0.717) is 17.5 Å². The molecule has 1 heterocycles. The molecule has 4 heteroatoms. The van der Waals surface area contributed by atoms with Gasteiger partial charge in [-0.2, -0.15) is 0 Å². The van der Waals surface area contributed by atoms with Crippen molar-refractivity contribution in [3.63, 3.8) is 0 Å². The number of hydrogen-bond donors (Lipinski definition) is 1. The van der Waals surface area contributed by atoms with Crippen molar-refractivity contribution in [2.24, 2.45) is 5.92 Å². The van der Waals surface area contributed by atoms with Gasteiger partial charge in [0.05, 0.1) is 0 Å². The lowest BCUT2D eigenvalue weighted by Crippen LogP contribution is -2.66. The number of nitrogens with zero attached hydrogens (tertiary/aromatic N) is 1. The second-order valence-corrected chi connectivity index (χ2v) is 8.69. The summed E-state index contributed by atoms with van der Waals surface area (Å²) in [6.45, 7) is 8.11. The third-order valence-electron chi connectivity index (χ3n) is 5.12. The maximum Gasteiger partial charge on any atom is 0.0309 e. The fourth-order valence-electron chi connectivity index (χ4n) is 3.95. The number of nitrogens with one attached hydrogen (secondary N) is 1. The third kappa shape index (κ3) is 4.28. The highest BCUT2D eigenvalue weighted by Crippen LogP contribution is 2.33. The second kappa shape index (κ2) is 7.37. The molecule has 2 rings (SSSR count). The van der Waals surface area contributed by atoms with Crippen LogP contribution in [-0.4, -0.2) is 52.3 Å². The quantitative estimate of drug-likeness (QED) is 0.846. The molecule has 0 aromatic carbocycles. The molecule has 2 unspecified atom stereocenters. The van der Waals surface area contributed by atoms with E-state index in [4.69, 9.17) is 0 Å². The van der Waals surface area contributed by atoms with Gasteiger partial charge in [-0.05, 0) is 31.7 Å². The molecule has 1 saturated carbocycles. The monoisotopic (exact) mass is 300 g/mol. The van der Waals surface area contributed by atoms with Crippen LogP contribution in [0.4, 0.5) is 0 Å². The summed E-state index contributed by atoms with van der Waals surface area (Å²) in [6, 6.07) is 0.646. The highest BCUT2D eigenvalue weighted by Gasteiger charge is 2.40. The zero-order chi connectivity index (χ0) is 14.6. The van der Waals surface area contributed by atoms with Crippen LogP contribution in [0, 0.1) is 5.92 Å². The fraction of sp³-hybridized carbons (Fsp3) is 1.00. The number of hydrogen-bond acceptors (Lipinski definition) is 3. The Balaban J connectivity index is 1.95. The Bertz CT molecular complexity index is 326. The molecule has 1 aliphatic heterocycles. The summed E-state index contributed by atoms with van der Waals surface area (Å²) in [5.41, 5.74) is 0.384. The molecule has 0 bridgehead atoms. The summed E-state index contributed by atoms with van der Waals surface area (Å²) in [4.78, 5) is 2.69. The van der Waals surface area contributed by atoms with E-state index in [-0.39, 0.29) is 0 Å². The average Bonchev–Trinajstić information content (AvgIpc) is 2.39. The SMILES string of the molecule is CC(C)C1CNC2(CCCCC2)CN1CCCS(C)=O. The van der Waals surface area contributed by atoms with Crippen LogP contribution in [0.5, 0.6) is 0 Å². The van der Waals surface area contributed by atoms with Gasteiger partial charge in [-0.25, -0.2) is 0 Å². The van der Waals surface area contributed by atoms with Gasteiger partial charge < -0.3 is 5.32 Å². The average molecular weight is 301 g/mol. The van der Waals surface area contributed by atoms with Crippen molar-refractivity contribution in [1.29, 1.82) is 0 Å². The summed E-state index contributed by atoms with van der Waals surface area (Å²) in [6.07, 6.45) is 9.74. The fourth-order valence-corrected chi connectivity index (χ4v) is 4.48. The summed E-state index contributed by atoms with van der Waals surface area (Å²) in [7, 11) is -0.647. The van der Waals surface area contributed by atoms with Crippen LogP contribution in [0.1, 0.15) is 52.4 Å². The minimum absolute atomic E-state index is 0.384. The highest BCUT2D eigenvalue weighted by atomic mass is 32.2. The summed E-state index contributed by atoms with van der Waals surface area (Å²) in [5.74, 6) is 1.54. The molecular formula is C16H32N2OS. The molecule has 2 aliphatic rings. The van der Waals surface area contributed by atoms with Gasteiger partial charge in [0.15, 0.2) is 0 Å². The summed E-state index contributed by atoms with van der Waals surface area (Å²) in [5, 5.41) is 3.89. The first-order chi connectivity index (χ1) is 9.52. The first-order valence-corrected chi connectivity index (χ1v) is 10.0. The molecule has 0 aromatic heterocycles. The molecule has 2 atom stereocenters. The lowest BCUT2D eigenvalue weighted by Gasteiger charge is -2.51. The predicted octanol–water partition coefficient (Wildman–Crippen LogP) is 2.39. The standard InChI is InChI=1S/C16H32N2OS/c1-14(2)15-12-17-16(8-5-4-6-9-16)13-18(15)10-7-11-20(3)19/h14-15,17H,4-13H2,1-3H3. The van der Waals surface area contributed by atoms with Gasteiger partial charge in [0, 0.05) is 47.5 Å². The topological polar surface area (TPSA) is 32.3 Å². The molecule has 1 N–H and O–H groups in total. The van der Waals surface area contributed by atoms with Crippen molar-refractivity contribution >= 4 is 10.8 Å². The highest BCUT2D eigenvalue weighted by molar-refractivity contribution is 7.84. The zero-order valence-corrected chi connectivity index (χ0v) is 14.3. The lowest BCUT2D eigenvalue weighted by atomic mass is 9.78. The molecule has 2 fully saturated rings. The Kier molecular flexibility index (Phi) is 6.06. The molecule has 1 aliphatic carbocycles. The van der Waals surface area contributed by atoms with E-state index in [1.807, 2.05) is 6.26 Å². The van der Waals surface area contributed by atoms with Crippen molar-refractivity contribution in [3.8, 4) is 0 Å². The van der Waals surface area contributed by atoms with Crippen LogP contribution in [0.15, 0.2) is 0 Å². The third-order valence-corrected chi connectivity index (χ3v) is 5.98. The van der Waals surface area contributed by atoms with E-state index >= 15 is 0 Å². The molecule has 3 nitrogen and oxygen atoms in total. The normalized spacial score (nSPS) is 28.9. The zero-order valence-electron chi connectivity index (χ0n) is 13.5. The minimum atomic E-state index is -0.647. The van der Waals surface area contributed by atoms with Crippen LogP contribution in [-0.2, 0) is 10.8 Å². The molecule has 0 radical (unpaired) electrons. The molecule has 20 heavy (non-hydrogen) atoms. The maximum atomic E-state index is 11.3. The van der Waals surface area contributed by atoms with Gasteiger partial charge in [-0.15, -0.1) is 0 Å². The van der Waals surface area contributed by atoms with E-state index in [9.17, 15) is 4.21 Å². The second-order valence-electron chi connectivity index (χ2n) is 7.13. The first-order valence-electron chi connectivity index (χ1n) is 8.31. The van der Waals surface area contributed by atoms with Gasteiger partial charge >= 0.3 is 0 Å². The van der Waals surface area contributed by atoms with E-state index in [2.05, 4.69) is 24.1 Å². The van der Waals surface area contributed by atoms with Gasteiger partial charge in [0.25, 0.3) is 0 Å². The van der Waals surface area contributed by atoms with Crippen molar-refractivity contribution in [1.82, 2.24) is 10.2 Å². The van der Waals surface area contributed by atoms with E-state index in [1.165, 1.54) is 38.6 Å². The number of piperazine rings is 1. The molecule has 118 valence electrons.